The zero-order valence-corrected chi connectivity index (χ0v) is 16.3. The minimum absolute atomic E-state index is 0.163. The third kappa shape index (κ3) is 6.29. The lowest BCUT2D eigenvalue weighted by molar-refractivity contribution is 0.240. The van der Waals surface area contributed by atoms with Crippen LogP contribution < -0.4 is 15.5 Å². The second kappa shape index (κ2) is 10.2. The summed E-state index contributed by atoms with van der Waals surface area (Å²) in [6.45, 7) is 11.0. The fraction of sp³-hybridized carbons (Fsp3) is 0.273. The summed E-state index contributed by atoms with van der Waals surface area (Å²) in [5, 5.41) is 5.79. The fourth-order valence-corrected chi connectivity index (χ4v) is 2.63. The smallest absolute Gasteiger partial charge is 0.315 e. The highest BCUT2D eigenvalue weighted by Gasteiger charge is 2.04. The molecule has 0 aliphatic rings. The second-order valence-electron chi connectivity index (χ2n) is 6.37. The normalized spacial score (nSPS) is 10.6. The van der Waals surface area contributed by atoms with E-state index in [2.05, 4.69) is 48.2 Å². The van der Waals surface area contributed by atoms with Crippen molar-refractivity contribution in [1.29, 1.82) is 0 Å². The highest BCUT2D eigenvalue weighted by molar-refractivity contribution is 5.73. The van der Waals surface area contributed by atoms with Gasteiger partial charge >= 0.3 is 6.03 Å². The Morgan fingerprint density at radius 1 is 1.15 bits per heavy atom. The van der Waals surface area contributed by atoms with Crippen molar-refractivity contribution in [3.63, 3.8) is 0 Å². The number of hydrogen-bond donors (Lipinski definition) is 2. The molecule has 5 nitrogen and oxygen atoms in total. The van der Waals surface area contributed by atoms with Crippen LogP contribution in [0.4, 0.5) is 10.6 Å². The van der Waals surface area contributed by atoms with E-state index in [0.29, 0.717) is 13.1 Å². The Morgan fingerprint density at radius 2 is 1.96 bits per heavy atom. The first-order valence-corrected chi connectivity index (χ1v) is 9.10. The maximum atomic E-state index is 12.0. The van der Waals surface area contributed by atoms with Gasteiger partial charge in [0.1, 0.15) is 5.82 Å². The summed E-state index contributed by atoms with van der Waals surface area (Å²) in [5.41, 5.74) is 4.69. The summed E-state index contributed by atoms with van der Waals surface area (Å²) >= 11 is 0. The van der Waals surface area contributed by atoms with Crippen LogP contribution in [-0.4, -0.2) is 17.6 Å². The zero-order valence-electron chi connectivity index (χ0n) is 16.3. The number of anilines is 1. The number of rotatable bonds is 8. The van der Waals surface area contributed by atoms with Crippen molar-refractivity contribution in [2.75, 3.05) is 11.4 Å². The van der Waals surface area contributed by atoms with E-state index in [1.165, 1.54) is 11.1 Å². The number of aromatic nitrogens is 1. The van der Waals surface area contributed by atoms with Crippen molar-refractivity contribution >= 4 is 11.8 Å². The lowest BCUT2D eigenvalue weighted by Gasteiger charge is -2.14. The quantitative estimate of drug-likeness (QED) is 0.737. The Labute approximate surface area is 161 Å². The number of benzene rings is 1. The van der Waals surface area contributed by atoms with Crippen molar-refractivity contribution in [3.05, 3.63) is 83.8 Å². The zero-order chi connectivity index (χ0) is 19.6. The van der Waals surface area contributed by atoms with Crippen LogP contribution in [0.3, 0.4) is 0 Å². The Balaban J connectivity index is 1.80. The third-order valence-electron chi connectivity index (χ3n) is 4.30. The van der Waals surface area contributed by atoms with E-state index >= 15 is 0 Å². The van der Waals surface area contributed by atoms with Gasteiger partial charge in [0.15, 0.2) is 0 Å². The average Bonchev–Trinajstić information content (AvgIpc) is 2.67. The Bertz CT molecular complexity index is 814. The van der Waals surface area contributed by atoms with Crippen molar-refractivity contribution in [2.24, 2.45) is 0 Å². The number of aryl methyl sites for hydroxylation is 2. The largest absolute Gasteiger partial charge is 0.338 e. The molecule has 0 fully saturated rings. The molecule has 5 heteroatoms. The van der Waals surface area contributed by atoms with Gasteiger partial charge in [-0.2, -0.15) is 0 Å². The molecule has 0 aliphatic carbocycles. The lowest BCUT2D eigenvalue weighted by Crippen LogP contribution is -2.36. The molecule has 0 spiro atoms. The van der Waals surface area contributed by atoms with E-state index in [0.717, 1.165) is 23.4 Å². The van der Waals surface area contributed by atoms with Gasteiger partial charge in [-0.15, -0.1) is 0 Å². The van der Waals surface area contributed by atoms with Gasteiger partial charge < -0.3 is 15.5 Å². The molecule has 27 heavy (non-hydrogen) atoms. The number of allylic oxidation sites excluding steroid dienone is 1. The standard InChI is InChI=1S/C22H28N4O/c1-5-13-26(6-2)21-15-19(9-11-23-21)10-12-24-22(27)25-16-20-8-7-17(3)18(4)14-20/h5-9,11,13-15H,2,10,12,16H2,1,3-4H3,(H2,24,25,27). The summed E-state index contributed by atoms with van der Waals surface area (Å²) in [4.78, 5) is 18.2. The van der Waals surface area contributed by atoms with Gasteiger partial charge in [-0.25, -0.2) is 9.78 Å². The summed E-state index contributed by atoms with van der Waals surface area (Å²) < 4.78 is 0. The number of carbonyl (C=O) groups excluding carboxylic acids is 1. The molecular weight excluding hydrogens is 336 g/mol. The molecule has 0 saturated heterocycles. The fourth-order valence-electron chi connectivity index (χ4n) is 2.63. The van der Waals surface area contributed by atoms with Crippen LogP contribution in [0.5, 0.6) is 0 Å². The number of amides is 2. The highest BCUT2D eigenvalue weighted by Crippen LogP contribution is 2.14. The first-order chi connectivity index (χ1) is 13.0. The molecule has 0 atom stereocenters. The topological polar surface area (TPSA) is 57.3 Å². The van der Waals surface area contributed by atoms with Crippen LogP contribution in [0.1, 0.15) is 29.2 Å². The van der Waals surface area contributed by atoms with E-state index < -0.39 is 0 Å². The van der Waals surface area contributed by atoms with Crippen LogP contribution in [0, 0.1) is 13.8 Å². The summed E-state index contributed by atoms with van der Waals surface area (Å²) in [5.74, 6) is 0.805. The molecule has 1 aromatic heterocycles. The van der Waals surface area contributed by atoms with Crippen molar-refractivity contribution in [3.8, 4) is 0 Å². The average molecular weight is 364 g/mol. The van der Waals surface area contributed by atoms with Gasteiger partial charge in [0, 0.05) is 31.7 Å². The SMILES string of the molecule is C=CN(C=CC)c1cc(CCNC(=O)NCc2ccc(C)c(C)c2)ccn1. The van der Waals surface area contributed by atoms with Crippen LogP contribution in [0.25, 0.3) is 0 Å². The molecule has 2 rings (SSSR count). The molecule has 1 aromatic carbocycles. The van der Waals surface area contributed by atoms with Crippen LogP contribution >= 0.6 is 0 Å². The first kappa shape index (κ1) is 20.2. The Morgan fingerprint density at radius 3 is 2.67 bits per heavy atom. The number of pyridine rings is 1. The van der Waals surface area contributed by atoms with Gasteiger partial charge in [-0.3, -0.25) is 0 Å². The summed E-state index contributed by atoms with van der Waals surface area (Å²) in [6.07, 6.45) is 8.04. The predicted molar refractivity (Wildman–Crippen MR) is 112 cm³/mol. The lowest BCUT2D eigenvalue weighted by atomic mass is 10.1. The predicted octanol–water partition coefficient (Wildman–Crippen LogP) is 4.22. The van der Waals surface area contributed by atoms with Crippen molar-refractivity contribution < 1.29 is 4.79 Å². The van der Waals surface area contributed by atoms with E-state index in [1.807, 2.05) is 42.3 Å². The number of urea groups is 1. The monoisotopic (exact) mass is 364 g/mol. The molecule has 2 N–H and O–H groups in total. The Kier molecular flexibility index (Phi) is 7.62. The molecule has 0 bridgehead atoms. The van der Waals surface area contributed by atoms with E-state index in [4.69, 9.17) is 0 Å². The molecule has 142 valence electrons. The molecular formula is C22H28N4O. The minimum Gasteiger partial charge on any atom is -0.338 e. The number of nitrogens with zero attached hydrogens (tertiary/aromatic N) is 2. The molecule has 2 aromatic rings. The first-order valence-electron chi connectivity index (χ1n) is 9.10. The number of hydrogen-bond acceptors (Lipinski definition) is 3. The van der Waals surface area contributed by atoms with Crippen molar-refractivity contribution in [2.45, 2.75) is 33.7 Å². The van der Waals surface area contributed by atoms with Gasteiger partial charge in [-0.1, -0.05) is 30.9 Å². The maximum absolute atomic E-state index is 12.0. The van der Waals surface area contributed by atoms with Crippen LogP contribution in [0.2, 0.25) is 0 Å². The second-order valence-corrected chi connectivity index (χ2v) is 6.37. The molecule has 0 unspecified atom stereocenters. The van der Waals surface area contributed by atoms with Gasteiger partial charge in [-0.05, 0) is 61.6 Å². The van der Waals surface area contributed by atoms with Crippen LogP contribution in [0.15, 0.2) is 61.6 Å². The van der Waals surface area contributed by atoms with Crippen molar-refractivity contribution in [1.82, 2.24) is 15.6 Å². The van der Waals surface area contributed by atoms with Gasteiger partial charge in [0.25, 0.3) is 0 Å². The number of carbonyl (C=O) groups is 1. The molecule has 1 heterocycles. The minimum atomic E-state index is -0.163. The molecule has 0 aliphatic heterocycles. The summed E-state index contributed by atoms with van der Waals surface area (Å²) in [6, 6.07) is 10.0. The van der Waals surface area contributed by atoms with Gasteiger partial charge in [0.05, 0.1) is 0 Å². The van der Waals surface area contributed by atoms with E-state index in [9.17, 15) is 4.79 Å². The van der Waals surface area contributed by atoms with Crippen LogP contribution in [-0.2, 0) is 13.0 Å². The molecule has 0 radical (unpaired) electrons. The van der Waals surface area contributed by atoms with Gasteiger partial charge in [0.2, 0.25) is 0 Å². The third-order valence-corrected chi connectivity index (χ3v) is 4.30. The molecule has 0 saturated carbocycles. The highest BCUT2D eigenvalue weighted by atomic mass is 16.2. The maximum Gasteiger partial charge on any atom is 0.315 e. The Hall–Kier alpha value is -3.08. The molecule has 2 amide bonds. The van der Waals surface area contributed by atoms with E-state index in [1.54, 1.807) is 12.4 Å². The van der Waals surface area contributed by atoms with E-state index in [-0.39, 0.29) is 6.03 Å². The summed E-state index contributed by atoms with van der Waals surface area (Å²) in [7, 11) is 0. The number of nitrogens with one attached hydrogen (secondary N) is 2.